The lowest BCUT2D eigenvalue weighted by molar-refractivity contribution is -0.121. The maximum atomic E-state index is 12.7. The number of anilines is 1. The Balaban J connectivity index is 1.24. The molecule has 5 nitrogen and oxygen atoms in total. The lowest BCUT2D eigenvalue weighted by Crippen LogP contribution is -2.31. The Bertz CT molecular complexity index is 996. The maximum Gasteiger partial charge on any atom is 0.258 e. The number of benzene rings is 3. The summed E-state index contributed by atoms with van der Waals surface area (Å²) in [7, 11) is 0. The molecule has 3 aromatic rings. The molecule has 0 aliphatic carbocycles. The van der Waals surface area contributed by atoms with E-state index in [9.17, 15) is 9.59 Å². The first-order valence-corrected chi connectivity index (χ1v) is 9.52. The van der Waals surface area contributed by atoms with E-state index >= 15 is 0 Å². The molecule has 1 aliphatic rings. The molecule has 0 fully saturated rings. The Kier molecular flexibility index (Phi) is 5.24. The topological polar surface area (TPSA) is 58.6 Å². The minimum atomic E-state index is -0.0287. The predicted octanol–water partition coefficient (Wildman–Crippen LogP) is 3.78. The summed E-state index contributed by atoms with van der Waals surface area (Å²) in [6, 6.07) is 21.3. The summed E-state index contributed by atoms with van der Waals surface area (Å²) in [5.41, 5.74) is 1.69. The highest BCUT2D eigenvalue weighted by atomic mass is 16.5. The van der Waals surface area contributed by atoms with E-state index in [1.54, 1.807) is 4.90 Å². The average Bonchev–Trinajstić information content (AvgIpc) is 3.00. The molecule has 142 valence electrons. The van der Waals surface area contributed by atoms with E-state index < -0.39 is 0 Å². The van der Waals surface area contributed by atoms with Gasteiger partial charge >= 0.3 is 0 Å². The number of carbonyl (C=O) groups is 2. The van der Waals surface area contributed by atoms with Crippen molar-refractivity contribution in [3.8, 4) is 5.75 Å². The lowest BCUT2D eigenvalue weighted by atomic mass is 10.1. The van der Waals surface area contributed by atoms with Crippen molar-refractivity contribution in [1.29, 1.82) is 0 Å². The fourth-order valence-corrected chi connectivity index (χ4v) is 3.56. The van der Waals surface area contributed by atoms with E-state index in [-0.39, 0.29) is 11.8 Å². The SMILES string of the molecule is O=C(CCCN1C(=O)c2cccc3cccc1c23)NCCOc1ccccc1. The standard InChI is InChI=1S/C23H22N2O3/c26-21(24-14-16-28-18-9-2-1-3-10-18)13-6-15-25-20-12-5-8-17-7-4-11-19(22(17)20)23(25)27/h1-5,7-12H,6,13-16H2,(H,24,26). The van der Waals surface area contributed by atoms with Crippen LogP contribution < -0.4 is 15.0 Å². The van der Waals surface area contributed by atoms with Gasteiger partial charge in [0.05, 0.1) is 12.2 Å². The minimum Gasteiger partial charge on any atom is -0.492 e. The van der Waals surface area contributed by atoms with Gasteiger partial charge in [-0.1, -0.05) is 42.5 Å². The van der Waals surface area contributed by atoms with Crippen LogP contribution in [0, 0.1) is 0 Å². The first-order chi connectivity index (χ1) is 13.7. The van der Waals surface area contributed by atoms with Crippen LogP contribution in [0.15, 0.2) is 66.7 Å². The third kappa shape index (κ3) is 3.69. The van der Waals surface area contributed by atoms with Crippen LogP contribution in [-0.2, 0) is 4.79 Å². The number of rotatable bonds is 8. The van der Waals surface area contributed by atoms with Crippen molar-refractivity contribution < 1.29 is 14.3 Å². The molecule has 0 bridgehead atoms. The molecule has 2 amide bonds. The van der Waals surface area contributed by atoms with Crippen molar-refractivity contribution in [2.75, 3.05) is 24.6 Å². The first-order valence-electron chi connectivity index (χ1n) is 9.52. The summed E-state index contributed by atoms with van der Waals surface area (Å²) in [5, 5.41) is 4.94. The summed E-state index contributed by atoms with van der Waals surface area (Å²) in [6.45, 7) is 1.42. The van der Waals surface area contributed by atoms with Gasteiger partial charge in [0.1, 0.15) is 12.4 Å². The summed E-state index contributed by atoms with van der Waals surface area (Å²) in [5.74, 6) is 0.778. The van der Waals surface area contributed by atoms with Gasteiger partial charge in [-0.15, -0.1) is 0 Å². The van der Waals surface area contributed by atoms with E-state index in [1.807, 2.05) is 66.7 Å². The van der Waals surface area contributed by atoms with E-state index in [2.05, 4.69) is 5.32 Å². The van der Waals surface area contributed by atoms with Gasteiger partial charge in [-0.2, -0.15) is 0 Å². The maximum absolute atomic E-state index is 12.7. The van der Waals surface area contributed by atoms with Crippen molar-refractivity contribution in [2.45, 2.75) is 12.8 Å². The summed E-state index contributed by atoms with van der Waals surface area (Å²) in [6.07, 6.45) is 0.989. The van der Waals surface area contributed by atoms with Crippen LogP contribution in [0.3, 0.4) is 0 Å². The van der Waals surface area contributed by atoms with Crippen LogP contribution in [0.4, 0.5) is 5.69 Å². The van der Waals surface area contributed by atoms with Gasteiger partial charge < -0.3 is 15.0 Å². The predicted molar refractivity (Wildman–Crippen MR) is 110 cm³/mol. The summed E-state index contributed by atoms with van der Waals surface area (Å²) in [4.78, 5) is 26.5. The second-order valence-corrected chi connectivity index (χ2v) is 6.75. The van der Waals surface area contributed by atoms with Crippen molar-refractivity contribution in [1.82, 2.24) is 5.32 Å². The van der Waals surface area contributed by atoms with Crippen LogP contribution in [0.1, 0.15) is 23.2 Å². The van der Waals surface area contributed by atoms with E-state index in [1.165, 1.54) is 0 Å². The normalized spacial score (nSPS) is 12.4. The van der Waals surface area contributed by atoms with Gasteiger partial charge in [0.25, 0.3) is 5.91 Å². The summed E-state index contributed by atoms with van der Waals surface area (Å²) < 4.78 is 5.56. The first kappa shape index (κ1) is 18.0. The highest BCUT2D eigenvalue weighted by Gasteiger charge is 2.28. The van der Waals surface area contributed by atoms with Gasteiger partial charge in [0, 0.05) is 23.9 Å². The van der Waals surface area contributed by atoms with E-state index in [0.29, 0.717) is 32.5 Å². The summed E-state index contributed by atoms with van der Waals surface area (Å²) >= 11 is 0. The number of ether oxygens (including phenoxy) is 1. The second-order valence-electron chi connectivity index (χ2n) is 6.75. The number of nitrogens with zero attached hydrogens (tertiary/aromatic N) is 1. The van der Waals surface area contributed by atoms with Crippen LogP contribution in [0.2, 0.25) is 0 Å². The van der Waals surface area contributed by atoms with Gasteiger partial charge in [-0.05, 0) is 36.1 Å². The molecule has 28 heavy (non-hydrogen) atoms. The van der Waals surface area contributed by atoms with E-state index in [4.69, 9.17) is 4.74 Å². The Morgan fingerprint density at radius 3 is 2.57 bits per heavy atom. The van der Waals surface area contributed by atoms with Crippen LogP contribution in [0.5, 0.6) is 5.75 Å². The Morgan fingerprint density at radius 2 is 1.75 bits per heavy atom. The van der Waals surface area contributed by atoms with Crippen molar-refractivity contribution in [2.24, 2.45) is 0 Å². The zero-order chi connectivity index (χ0) is 19.3. The quantitative estimate of drug-likeness (QED) is 0.611. The fourth-order valence-electron chi connectivity index (χ4n) is 3.56. The molecule has 3 aromatic carbocycles. The number of nitrogens with one attached hydrogen (secondary N) is 1. The zero-order valence-electron chi connectivity index (χ0n) is 15.6. The Morgan fingerprint density at radius 1 is 0.964 bits per heavy atom. The van der Waals surface area contributed by atoms with Crippen LogP contribution in [-0.4, -0.2) is 31.5 Å². The van der Waals surface area contributed by atoms with Crippen molar-refractivity contribution >= 4 is 28.3 Å². The minimum absolute atomic E-state index is 0.0171. The molecule has 0 atom stereocenters. The monoisotopic (exact) mass is 374 g/mol. The molecule has 0 saturated carbocycles. The third-order valence-corrected chi connectivity index (χ3v) is 4.87. The molecular weight excluding hydrogens is 352 g/mol. The van der Waals surface area contributed by atoms with Gasteiger partial charge in [0.15, 0.2) is 0 Å². The molecule has 1 heterocycles. The smallest absolute Gasteiger partial charge is 0.258 e. The van der Waals surface area contributed by atoms with Gasteiger partial charge in [0.2, 0.25) is 5.91 Å². The molecule has 5 heteroatoms. The molecule has 1 N–H and O–H groups in total. The van der Waals surface area contributed by atoms with Crippen LogP contribution >= 0.6 is 0 Å². The molecule has 1 aliphatic heterocycles. The fraction of sp³-hybridized carbons (Fsp3) is 0.217. The average molecular weight is 374 g/mol. The number of hydrogen-bond donors (Lipinski definition) is 1. The molecule has 0 spiro atoms. The zero-order valence-corrected chi connectivity index (χ0v) is 15.6. The van der Waals surface area contributed by atoms with Crippen molar-refractivity contribution in [3.05, 3.63) is 72.3 Å². The Hall–Kier alpha value is -3.34. The van der Waals surface area contributed by atoms with E-state index in [0.717, 1.165) is 27.8 Å². The van der Waals surface area contributed by atoms with Gasteiger partial charge in [-0.25, -0.2) is 0 Å². The highest BCUT2D eigenvalue weighted by Crippen LogP contribution is 2.37. The van der Waals surface area contributed by atoms with Crippen molar-refractivity contribution in [3.63, 3.8) is 0 Å². The third-order valence-electron chi connectivity index (χ3n) is 4.87. The molecule has 4 rings (SSSR count). The molecule has 0 radical (unpaired) electrons. The molecular formula is C23H22N2O3. The molecule has 0 unspecified atom stereocenters. The van der Waals surface area contributed by atoms with Gasteiger partial charge in [-0.3, -0.25) is 9.59 Å². The second kappa shape index (κ2) is 8.13. The number of para-hydroxylation sites is 1. The number of amides is 2. The lowest BCUT2D eigenvalue weighted by Gasteiger charge is -2.17. The highest BCUT2D eigenvalue weighted by molar-refractivity contribution is 6.25. The van der Waals surface area contributed by atoms with Crippen LogP contribution in [0.25, 0.3) is 10.8 Å². The molecule has 0 aromatic heterocycles. The Labute approximate surface area is 163 Å². The number of carbonyl (C=O) groups excluding carboxylic acids is 2. The largest absolute Gasteiger partial charge is 0.492 e. The number of hydrogen-bond acceptors (Lipinski definition) is 3. The molecule has 0 saturated heterocycles.